The molecule has 0 aromatic carbocycles. The van der Waals surface area contributed by atoms with E-state index in [2.05, 4.69) is 9.97 Å². The van der Waals surface area contributed by atoms with Gasteiger partial charge in [-0.3, -0.25) is 4.79 Å². The van der Waals surface area contributed by atoms with Crippen LogP contribution in [-0.2, 0) is 4.79 Å². The molecular weight excluding hydrogens is 317 g/mol. The van der Waals surface area contributed by atoms with Crippen LogP contribution in [0.2, 0.25) is 0 Å². The number of rotatable bonds is 3. The lowest BCUT2D eigenvalue weighted by Gasteiger charge is -2.25. The lowest BCUT2D eigenvalue weighted by molar-refractivity contribution is -0.139. The van der Waals surface area contributed by atoms with E-state index in [0.29, 0.717) is 18.8 Å². The van der Waals surface area contributed by atoms with Crippen LogP contribution >= 0.6 is 11.3 Å². The summed E-state index contributed by atoms with van der Waals surface area (Å²) >= 11 is 1.46. The molecule has 118 valence electrons. The number of nitrogens with one attached hydrogen (secondary N) is 1. The second-order valence-corrected chi connectivity index (χ2v) is 5.92. The summed E-state index contributed by atoms with van der Waals surface area (Å²) < 4.78 is 36.7. The molecule has 0 bridgehead atoms. The number of alkyl halides is 3. The highest BCUT2D eigenvalue weighted by molar-refractivity contribution is 7.16. The molecule has 5 nitrogen and oxygen atoms in total. The van der Waals surface area contributed by atoms with E-state index in [1.807, 2.05) is 16.8 Å². The third-order valence-electron chi connectivity index (χ3n) is 3.53. The number of hydrogen-bond acceptors (Lipinski definition) is 5. The van der Waals surface area contributed by atoms with Crippen LogP contribution in [0.3, 0.4) is 0 Å². The molecular formula is C13H13F3N4OS. The van der Waals surface area contributed by atoms with Gasteiger partial charge in [-0.05, 0) is 24.3 Å². The van der Waals surface area contributed by atoms with Gasteiger partial charge in [0.25, 0.3) is 0 Å². The van der Waals surface area contributed by atoms with E-state index in [4.69, 9.17) is 0 Å². The van der Waals surface area contributed by atoms with Gasteiger partial charge in [-0.2, -0.15) is 13.2 Å². The monoisotopic (exact) mass is 330 g/mol. The van der Waals surface area contributed by atoms with Gasteiger partial charge in [-0.1, -0.05) is 0 Å². The first-order valence-corrected chi connectivity index (χ1v) is 7.63. The fourth-order valence-corrected chi connectivity index (χ4v) is 3.33. The maximum atomic E-state index is 12.2. The van der Waals surface area contributed by atoms with E-state index in [-0.39, 0.29) is 0 Å². The molecule has 3 heterocycles. The Morgan fingerprint density at radius 3 is 3.05 bits per heavy atom. The van der Waals surface area contributed by atoms with Gasteiger partial charge >= 0.3 is 6.18 Å². The summed E-state index contributed by atoms with van der Waals surface area (Å²) in [6, 6.07) is 1.23. The Balaban J connectivity index is 1.81. The molecule has 0 radical (unpaired) electrons. The fourth-order valence-electron chi connectivity index (χ4n) is 2.60. The molecule has 1 aliphatic heterocycles. The fraction of sp³-hybridized carbons (Fsp3) is 0.462. The molecule has 1 saturated heterocycles. The Bertz CT molecular complexity index is 687. The molecule has 1 atom stereocenters. The topological polar surface area (TPSA) is 58.1 Å². The van der Waals surface area contributed by atoms with E-state index in [0.717, 1.165) is 16.6 Å². The van der Waals surface area contributed by atoms with Gasteiger partial charge in [0.05, 0.1) is 5.39 Å². The average molecular weight is 330 g/mol. The zero-order valence-electron chi connectivity index (χ0n) is 11.4. The van der Waals surface area contributed by atoms with Crippen LogP contribution in [0.25, 0.3) is 10.2 Å². The summed E-state index contributed by atoms with van der Waals surface area (Å²) in [5, 5.41) is 4.65. The van der Waals surface area contributed by atoms with Gasteiger partial charge in [0, 0.05) is 6.54 Å². The zero-order chi connectivity index (χ0) is 15.7. The summed E-state index contributed by atoms with van der Waals surface area (Å²) in [4.78, 5) is 23.0. The number of aromatic nitrogens is 2. The van der Waals surface area contributed by atoms with Crippen molar-refractivity contribution in [2.75, 3.05) is 18.0 Å². The molecule has 2 aromatic rings. The van der Waals surface area contributed by atoms with Crippen molar-refractivity contribution in [1.29, 1.82) is 0 Å². The largest absolute Gasteiger partial charge is 0.405 e. The highest BCUT2D eigenvalue weighted by Gasteiger charge is 2.35. The van der Waals surface area contributed by atoms with Gasteiger partial charge in [0.15, 0.2) is 0 Å². The van der Waals surface area contributed by atoms with Crippen LogP contribution in [-0.4, -0.2) is 41.2 Å². The Morgan fingerprint density at radius 1 is 1.45 bits per heavy atom. The third-order valence-corrected chi connectivity index (χ3v) is 4.35. The van der Waals surface area contributed by atoms with Crippen LogP contribution < -0.4 is 10.2 Å². The van der Waals surface area contributed by atoms with Gasteiger partial charge in [-0.25, -0.2) is 9.97 Å². The van der Waals surface area contributed by atoms with Crippen LogP contribution in [0.15, 0.2) is 17.8 Å². The molecule has 1 aliphatic rings. The van der Waals surface area contributed by atoms with Crippen molar-refractivity contribution in [3.63, 3.8) is 0 Å². The molecule has 1 unspecified atom stereocenters. The Morgan fingerprint density at radius 2 is 2.27 bits per heavy atom. The quantitative estimate of drug-likeness (QED) is 0.938. The minimum Gasteiger partial charge on any atom is -0.345 e. The molecule has 3 rings (SSSR count). The average Bonchev–Trinajstić information content (AvgIpc) is 3.11. The summed E-state index contributed by atoms with van der Waals surface area (Å²) in [6.45, 7) is -0.722. The van der Waals surface area contributed by atoms with Crippen molar-refractivity contribution in [2.45, 2.75) is 25.1 Å². The first kappa shape index (κ1) is 15.0. The summed E-state index contributed by atoms with van der Waals surface area (Å²) in [5.41, 5.74) is 0. The van der Waals surface area contributed by atoms with Crippen molar-refractivity contribution < 1.29 is 18.0 Å². The maximum Gasteiger partial charge on any atom is 0.405 e. The number of thiophene rings is 1. The second-order valence-electron chi connectivity index (χ2n) is 5.02. The molecule has 0 saturated carbocycles. The number of halogens is 3. The molecule has 0 spiro atoms. The SMILES string of the molecule is O=C(NCC(F)(F)F)C1CCCN1c1ncnc2sccc12. The highest BCUT2D eigenvalue weighted by atomic mass is 32.1. The second kappa shape index (κ2) is 5.71. The van der Waals surface area contributed by atoms with Gasteiger partial charge in [0.2, 0.25) is 5.91 Å². The number of nitrogens with zero attached hydrogens (tertiary/aromatic N) is 3. The van der Waals surface area contributed by atoms with Crippen molar-refractivity contribution in [2.24, 2.45) is 0 Å². The van der Waals surface area contributed by atoms with Gasteiger partial charge in [0.1, 0.15) is 29.6 Å². The summed E-state index contributed by atoms with van der Waals surface area (Å²) in [7, 11) is 0. The zero-order valence-corrected chi connectivity index (χ0v) is 12.2. The molecule has 9 heteroatoms. The summed E-state index contributed by atoms with van der Waals surface area (Å²) in [5.74, 6) is -0.00674. The van der Waals surface area contributed by atoms with Crippen LogP contribution in [0.5, 0.6) is 0 Å². The smallest absolute Gasteiger partial charge is 0.345 e. The number of amides is 1. The lowest BCUT2D eigenvalue weighted by atomic mass is 10.2. The minimum atomic E-state index is -4.41. The maximum absolute atomic E-state index is 12.2. The standard InChI is InChI=1S/C13H13F3N4OS/c14-13(15,16)6-17-11(21)9-2-1-4-20(9)10-8-3-5-22-12(8)19-7-18-10/h3,5,7,9H,1-2,4,6H2,(H,17,21). The Kier molecular flexibility index (Phi) is 3.90. The lowest BCUT2D eigenvalue weighted by Crippen LogP contribution is -2.46. The third kappa shape index (κ3) is 2.99. The molecule has 1 fully saturated rings. The van der Waals surface area contributed by atoms with Crippen molar-refractivity contribution in [3.8, 4) is 0 Å². The van der Waals surface area contributed by atoms with Crippen LogP contribution in [0.1, 0.15) is 12.8 Å². The van der Waals surface area contributed by atoms with E-state index >= 15 is 0 Å². The minimum absolute atomic E-state index is 0.513. The first-order valence-electron chi connectivity index (χ1n) is 6.75. The van der Waals surface area contributed by atoms with E-state index in [1.165, 1.54) is 17.7 Å². The number of fused-ring (bicyclic) bond motifs is 1. The summed E-state index contributed by atoms with van der Waals surface area (Å²) in [6.07, 6.45) is -1.75. The van der Waals surface area contributed by atoms with Crippen LogP contribution in [0, 0.1) is 0 Å². The van der Waals surface area contributed by atoms with E-state index in [1.54, 1.807) is 4.90 Å². The molecule has 1 N–H and O–H groups in total. The number of carbonyl (C=O) groups excluding carboxylic acids is 1. The molecule has 1 amide bonds. The molecule has 2 aromatic heterocycles. The number of carbonyl (C=O) groups is 1. The van der Waals surface area contributed by atoms with Crippen molar-refractivity contribution >= 4 is 33.3 Å². The van der Waals surface area contributed by atoms with E-state index < -0.39 is 24.7 Å². The predicted molar refractivity (Wildman–Crippen MR) is 76.8 cm³/mol. The Labute approximate surface area is 128 Å². The van der Waals surface area contributed by atoms with E-state index in [9.17, 15) is 18.0 Å². The predicted octanol–water partition coefficient (Wildman–Crippen LogP) is 2.34. The molecule has 22 heavy (non-hydrogen) atoms. The first-order chi connectivity index (χ1) is 10.5. The van der Waals surface area contributed by atoms with Crippen LogP contribution in [0.4, 0.5) is 19.0 Å². The van der Waals surface area contributed by atoms with Gasteiger partial charge < -0.3 is 10.2 Å². The van der Waals surface area contributed by atoms with Crippen molar-refractivity contribution in [1.82, 2.24) is 15.3 Å². The Hall–Kier alpha value is -1.90. The number of hydrogen-bond donors (Lipinski definition) is 1. The normalized spacial score (nSPS) is 18.9. The number of anilines is 1. The molecule has 0 aliphatic carbocycles. The van der Waals surface area contributed by atoms with Crippen molar-refractivity contribution in [3.05, 3.63) is 17.8 Å². The van der Waals surface area contributed by atoms with Gasteiger partial charge in [-0.15, -0.1) is 11.3 Å². The highest BCUT2D eigenvalue weighted by Crippen LogP contribution is 2.31.